The molecule has 1 heterocycles. The predicted octanol–water partition coefficient (Wildman–Crippen LogP) is -1.73. The van der Waals surface area contributed by atoms with Crippen LogP contribution in [0.4, 0.5) is 0 Å². The zero-order valence-corrected chi connectivity index (χ0v) is 12.1. The van der Waals surface area contributed by atoms with Crippen LogP contribution in [-0.4, -0.2) is 0 Å². The van der Waals surface area contributed by atoms with Gasteiger partial charge in [0.1, 0.15) is 6.54 Å². The van der Waals surface area contributed by atoms with E-state index in [2.05, 4.69) is 54.1 Å². The lowest BCUT2D eigenvalue weighted by atomic mass is 10.2. The average molecular weight is 304 g/mol. The van der Waals surface area contributed by atoms with Crippen LogP contribution in [0.2, 0.25) is 0 Å². The Morgan fingerprint density at radius 2 is 1.63 bits per heavy atom. The van der Waals surface area contributed by atoms with Gasteiger partial charge in [-0.05, 0) is 19.1 Å². The Kier molecular flexibility index (Phi) is 5.86. The summed E-state index contributed by atoms with van der Waals surface area (Å²) >= 11 is 1.81. The highest BCUT2D eigenvalue weighted by Crippen LogP contribution is 2.19. The molecule has 0 saturated carbocycles. The van der Waals surface area contributed by atoms with Crippen molar-refractivity contribution < 1.29 is 33.4 Å². The van der Waals surface area contributed by atoms with Gasteiger partial charge in [0.25, 0.3) is 0 Å². The van der Waals surface area contributed by atoms with Gasteiger partial charge in [0.05, 0.1) is 5.38 Å². The molecule has 0 radical (unpaired) electrons. The fourth-order valence-corrected chi connectivity index (χ4v) is 2.56. The van der Waals surface area contributed by atoms with E-state index in [0.717, 1.165) is 6.54 Å². The minimum absolute atomic E-state index is 1.04. The molecule has 2 aromatic rings. The van der Waals surface area contributed by atoms with Crippen LogP contribution < -0.4 is 23.2 Å². The first-order chi connectivity index (χ1) is 8.83. The number of thiazole rings is 1. The molecule has 104 valence electrons. The zero-order chi connectivity index (χ0) is 14.5. The SMILES string of the molecule is CC[n+]1c(-c2ccccc2)csc1C.[O-][Cl+3]([O-])([O-])[O-]. The second-order valence-electron chi connectivity index (χ2n) is 3.63. The van der Waals surface area contributed by atoms with Gasteiger partial charge < -0.3 is 0 Å². The van der Waals surface area contributed by atoms with E-state index in [1.165, 1.54) is 16.3 Å². The van der Waals surface area contributed by atoms with Gasteiger partial charge in [-0.2, -0.15) is 4.57 Å². The highest BCUT2D eigenvalue weighted by atomic mass is 35.7. The lowest BCUT2D eigenvalue weighted by molar-refractivity contribution is -2.00. The van der Waals surface area contributed by atoms with Crippen molar-refractivity contribution in [3.63, 3.8) is 0 Å². The lowest BCUT2D eigenvalue weighted by Crippen LogP contribution is -2.68. The van der Waals surface area contributed by atoms with Gasteiger partial charge in [-0.15, -0.1) is 10.2 Å². The van der Waals surface area contributed by atoms with Crippen molar-refractivity contribution in [1.29, 1.82) is 0 Å². The van der Waals surface area contributed by atoms with Crippen molar-refractivity contribution in [2.24, 2.45) is 0 Å². The predicted molar refractivity (Wildman–Crippen MR) is 60.4 cm³/mol. The van der Waals surface area contributed by atoms with E-state index in [-0.39, 0.29) is 0 Å². The topological polar surface area (TPSA) is 96.1 Å². The van der Waals surface area contributed by atoms with Crippen molar-refractivity contribution in [2.75, 3.05) is 0 Å². The van der Waals surface area contributed by atoms with Crippen LogP contribution in [0.1, 0.15) is 11.9 Å². The van der Waals surface area contributed by atoms with Gasteiger partial charge in [-0.25, -0.2) is 18.6 Å². The molecule has 0 aliphatic rings. The van der Waals surface area contributed by atoms with Crippen LogP contribution in [0.25, 0.3) is 11.3 Å². The summed E-state index contributed by atoms with van der Waals surface area (Å²) in [6, 6.07) is 10.5. The minimum Gasteiger partial charge on any atom is -0.222 e. The normalized spacial score (nSPS) is 10.8. The van der Waals surface area contributed by atoms with Crippen LogP contribution in [0, 0.1) is 17.2 Å². The largest absolute Gasteiger partial charge is 0.234 e. The molecule has 0 spiro atoms. The number of aromatic nitrogens is 1. The van der Waals surface area contributed by atoms with Crippen LogP contribution in [0.5, 0.6) is 0 Å². The molecule has 1 aromatic heterocycles. The van der Waals surface area contributed by atoms with E-state index in [1.54, 1.807) is 0 Å². The lowest BCUT2D eigenvalue weighted by Gasteiger charge is -2.17. The summed E-state index contributed by atoms with van der Waals surface area (Å²) < 4.78 is 36.3. The molecular formula is C12H14ClNO4S. The van der Waals surface area contributed by atoms with E-state index in [9.17, 15) is 0 Å². The molecule has 1 aromatic carbocycles. The van der Waals surface area contributed by atoms with Gasteiger partial charge >= 0.3 is 0 Å². The molecule has 19 heavy (non-hydrogen) atoms. The number of rotatable bonds is 2. The third kappa shape index (κ3) is 5.65. The maximum atomic E-state index is 8.49. The first kappa shape index (κ1) is 16.0. The summed E-state index contributed by atoms with van der Waals surface area (Å²) in [5, 5.41) is 3.60. The summed E-state index contributed by atoms with van der Waals surface area (Å²) in [6.45, 7) is 5.40. The number of hydrogen-bond acceptors (Lipinski definition) is 5. The Morgan fingerprint density at radius 1 is 1.11 bits per heavy atom. The van der Waals surface area contributed by atoms with E-state index in [1.807, 2.05) is 11.3 Å². The van der Waals surface area contributed by atoms with Crippen molar-refractivity contribution >= 4 is 11.3 Å². The van der Waals surface area contributed by atoms with Crippen molar-refractivity contribution in [2.45, 2.75) is 20.4 Å². The molecule has 7 heteroatoms. The number of halogens is 1. The fourth-order valence-electron chi connectivity index (χ4n) is 1.66. The number of aryl methyl sites for hydroxylation is 1. The molecule has 0 aliphatic heterocycles. The van der Waals surface area contributed by atoms with Gasteiger partial charge in [0.15, 0.2) is 0 Å². The Morgan fingerprint density at radius 3 is 2.11 bits per heavy atom. The molecule has 0 amide bonds. The standard InChI is InChI=1S/C12H14NS.ClHO4/c1-3-13-10(2)14-9-12(13)11-7-5-4-6-8-11;2-1(3,4)5/h4-9H,3H2,1-2H3;(H,2,3,4,5)/q+1;/p-1. The number of nitrogens with zero attached hydrogens (tertiary/aromatic N) is 1. The van der Waals surface area contributed by atoms with Crippen LogP contribution in [-0.2, 0) is 6.54 Å². The molecule has 0 bridgehead atoms. The van der Waals surface area contributed by atoms with E-state index in [4.69, 9.17) is 18.6 Å². The van der Waals surface area contributed by atoms with Crippen LogP contribution >= 0.6 is 11.3 Å². The maximum Gasteiger partial charge on any atom is 0.234 e. The van der Waals surface area contributed by atoms with Crippen molar-refractivity contribution in [3.05, 3.63) is 40.7 Å². The van der Waals surface area contributed by atoms with E-state index < -0.39 is 10.2 Å². The average Bonchev–Trinajstić information content (AvgIpc) is 2.69. The molecule has 0 atom stereocenters. The summed E-state index contributed by atoms with van der Waals surface area (Å²) in [7, 11) is -4.94. The van der Waals surface area contributed by atoms with Crippen LogP contribution in [0.3, 0.4) is 0 Å². The van der Waals surface area contributed by atoms with Crippen molar-refractivity contribution in [3.8, 4) is 11.3 Å². The van der Waals surface area contributed by atoms with E-state index in [0.29, 0.717) is 0 Å². The Hall–Kier alpha value is -1.02. The third-order valence-corrected chi connectivity index (χ3v) is 3.30. The molecule has 0 saturated heterocycles. The second kappa shape index (κ2) is 6.95. The zero-order valence-electron chi connectivity index (χ0n) is 10.5. The summed E-state index contributed by atoms with van der Waals surface area (Å²) in [6.07, 6.45) is 0. The summed E-state index contributed by atoms with van der Waals surface area (Å²) in [5.41, 5.74) is 2.63. The number of benzene rings is 1. The highest BCUT2D eigenvalue weighted by Gasteiger charge is 2.15. The number of hydrogen-bond donors (Lipinski definition) is 0. The van der Waals surface area contributed by atoms with Crippen molar-refractivity contribution in [1.82, 2.24) is 0 Å². The van der Waals surface area contributed by atoms with Crippen LogP contribution in [0.15, 0.2) is 35.7 Å². The Balaban J connectivity index is 0.000000312. The van der Waals surface area contributed by atoms with E-state index >= 15 is 0 Å². The molecule has 2 rings (SSSR count). The third-order valence-electron chi connectivity index (χ3n) is 2.40. The molecule has 5 nitrogen and oxygen atoms in total. The maximum absolute atomic E-state index is 8.49. The van der Waals surface area contributed by atoms with Gasteiger partial charge in [-0.3, -0.25) is 0 Å². The summed E-state index contributed by atoms with van der Waals surface area (Å²) in [4.78, 5) is 0. The van der Waals surface area contributed by atoms with Gasteiger partial charge in [0, 0.05) is 12.5 Å². The quantitative estimate of drug-likeness (QED) is 0.616. The fraction of sp³-hybridized carbons (Fsp3) is 0.250. The molecular weight excluding hydrogens is 290 g/mol. The Labute approximate surface area is 117 Å². The monoisotopic (exact) mass is 303 g/mol. The van der Waals surface area contributed by atoms with Gasteiger partial charge in [0.2, 0.25) is 10.7 Å². The summed E-state index contributed by atoms with van der Waals surface area (Å²) in [5.74, 6) is 0. The van der Waals surface area contributed by atoms with Gasteiger partial charge in [-0.1, -0.05) is 29.5 Å². The molecule has 0 aliphatic carbocycles. The molecule has 0 N–H and O–H groups in total. The first-order valence-corrected chi connectivity index (χ1v) is 7.59. The minimum atomic E-state index is -4.94. The molecule has 0 unspecified atom stereocenters. The Bertz CT molecular complexity index is 504. The highest BCUT2D eigenvalue weighted by molar-refractivity contribution is 7.09. The second-order valence-corrected chi connectivity index (χ2v) is 5.45. The first-order valence-electron chi connectivity index (χ1n) is 5.48. The molecule has 0 fully saturated rings. The smallest absolute Gasteiger partial charge is 0.222 e.